The molecule has 2 N–H and O–H groups in total. The zero-order valence-electron chi connectivity index (χ0n) is 12.1. The zero-order valence-corrected chi connectivity index (χ0v) is 12.1. The van der Waals surface area contributed by atoms with E-state index in [2.05, 4.69) is 54.4 Å². The smallest absolute Gasteiger partial charge is 0.0233 e. The summed E-state index contributed by atoms with van der Waals surface area (Å²) in [5.41, 5.74) is 1.39. The highest BCUT2D eigenvalue weighted by atomic mass is 15.4. The van der Waals surface area contributed by atoms with E-state index in [0.717, 1.165) is 19.6 Å². The van der Waals surface area contributed by atoms with Crippen molar-refractivity contribution < 1.29 is 0 Å². The number of nitrogens with two attached hydrogens (primary N) is 1. The van der Waals surface area contributed by atoms with E-state index < -0.39 is 0 Å². The third-order valence-corrected chi connectivity index (χ3v) is 4.37. The number of fused-ring (bicyclic) bond motifs is 1. The molecule has 0 spiro atoms. The minimum Gasteiger partial charge on any atom is -0.299 e. The van der Waals surface area contributed by atoms with Crippen molar-refractivity contribution in [3.63, 3.8) is 0 Å². The van der Waals surface area contributed by atoms with Gasteiger partial charge in [0.05, 0.1) is 0 Å². The average Bonchev–Trinajstić information content (AvgIpc) is 2.48. The van der Waals surface area contributed by atoms with Gasteiger partial charge in [0.2, 0.25) is 0 Å². The van der Waals surface area contributed by atoms with Crippen molar-refractivity contribution in [2.45, 2.75) is 25.4 Å². The van der Waals surface area contributed by atoms with Gasteiger partial charge in [-0.15, -0.1) is 0 Å². The molecule has 1 heterocycles. The first kappa shape index (κ1) is 13.6. The van der Waals surface area contributed by atoms with Gasteiger partial charge < -0.3 is 0 Å². The zero-order chi connectivity index (χ0) is 13.9. The van der Waals surface area contributed by atoms with E-state index in [1.54, 1.807) is 0 Å². The van der Waals surface area contributed by atoms with Gasteiger partial charge in [-0.1, -0.05) is 36.4 Å². The highest BCUT2D eigenvalue weighted by molar-refractivity contribution is 5.82. The van der Waals surface area contributed by atoms with Gasteiger partial charge >= 0.3 is 0 Å². The van der Waals surface area contributed by atoms with E-state index in [0.29, 0.717) is 6.04 Å². The second-order valence-corrected chi connectivity index (χ2v) is 5.86. The largest absolute Gasteiger partial charge is 0.299 e. The number of benzene rings is 2. The van der Waals surface area contributed by atoms with Gasteiger partial charge in [-0.05, 0) is 42.3 Å². The van der Waals surface area contributed by atoms with E-state index >= 15 is 0 Å². The van der Waals surface area contributed by atoms with Crippen LogP contribution < -0.4 is 5.84 Å². The lowest BCUT2D eigenvalue weighted by molar-refractivity contribution is 0.124. The topological polar surface area (TPSA) is 32.5 Å². The van der Waals surface area contributed by atoms with Crippen LogP contribution in [-0.2, 0) is 6.54 Å². The van der Waals surface area contributed by atoms with E-state index in [1.165, 1.54) is 29.2 Å². The van der Waals surface area contributed by atoms with Crippen molar-refractivity contribution in [3.8, 4) is 0 Å². The lowest BCUT2D eigenvalue weighted by atomic mass is 10.0. The van der Waals surface area contributed by atoms with Crippen molar-refractivity contribution in [3.05, 3.63) is 48.0 Å². The lowest BCUT2D eigenvalue weighted by Gasteiger charge is -2.34. The van der Waals surface area contributed by atoms with Crippen LogP contribution in [0.15, 0.2) is 42.5 Å². The average molecular weight is 269 g/mol. The number of hydrogen-bond donors (Lipinski definition) is 1. The maximum atomic E-state index is 5.83. The molecule has 20 heavy (non-hydrogen) atoms. The van der Waals surface area contributed by atoms with Crippen LogP contribution in [0, 0.1) is 0 Å². The molecule has 0 radical (unpaired) electrons. The summed E-state index contributed by atoms with van der Waals surface area (Å²) < 4.78 is 0. The first-order chi connectivity index (χ1) is 9.72. The van der Waals surface area contributed by atoms with Crippen LogP contribution in [0.3, 0.4) is 0 Å². The summed E-state index contributed by atoms with van der Waals surface area (Å²) in [6.45, 7) is 3.03. The minimum absolute atomic E-state index is 0.654. The van der Waals surface area contributed by atoms with Crippen molar-refractivity contribution in [1.82, 2.24) is 9.91 Å². The number of rotatable bonds is 3. The van der Waals surface area contributed by atoms with Crippen LogP contribution in [0.2, 0.25) is 0 Å². The predicted octanol–water partition coefficient (Wildman–Crippen LogP) is 2.61. The molecule has 1 aliphatic rings. The summed E-state index contributed by atoms with van der Waals surface area (Å²) in [7, 11) is 2.23. The summed E-state index contributed by atoms with van der Waals surface area (Å²) >= 11 is 0. The summed E-state index contributed by atoms with van der Waals surface area (Å²) in [6.07, 6.45) is 2.33. The fourth-order valence-corrected chi connectivity index (χ4v) is 3.08. The molecule has 1 aliphatic heterocycles. The Morgan fingerprint density at radius 1 is 1.10 bits per heavy atom. The Labute approximate surface area is 120 Å². The van der Waals surface area contributed by atoms with Gasteiger partial charge in [0.15, 0.2) is 0 Å². The summed E-state index contributed by atoms with van der Waals surface area (Å²) in [5.74, 6) is 5.83. The second kappa shape index (κ2) is 5.92. The highest BCUT2D eigenvalue weighted by Crippen LogP contribution is 2.19. The Bertz CT molecular complexity index is 573. The van der Waals surface area contributed by atoms with Crippen molar-refractivity contribution in [1.29, 1.82) is 0 Å². The molecule has 3 nitrogen and oxygen atoms in total. The van der Waals surface area contributed by atoms with Crippen LogP contribution in [0.1, 0.15) is 18.4 Å². The van der Waals surface area contributed by atoms with Gasteiger partial charge in [-0.2, -0.15) is 0 Å². The summed E-state index contributed by atoms with van der Waals surface area (Å²) in [4.78, 5) is 2.47. The molecule has 1 saturated heterocycles. The molecule has 1 fully saturated rings. The van der Waals surface area contributed by atoms with Crippen LogP contribution in [0.25, 0.3) is 10.8 Å². The Morgan fingerprint density at radius 3 is 2.55 bits per heavy atom. The van der Waals surface area contributed by atoms with E-state index in [1.807, 2.05) is 5.01 Å². The number of hydrogen-bond acceptors (Lipinski definition) is 3. The van der Waals surface area contributed by atoms with Gasteiger partial charge in [0.25, 0.3) is 0 Å². The van der Waals surface area contributed by atoms with Gasteiger partial charge in [-0.25, -0.2) is 5.01 Å². The SMILES string of the molecule is CN(Cc1ccc2ccccc2c1)C1CCN(N)CC1. The molecule has 3 rings (SSSR count). The minimum atomic E-state index is 0.654. The normalized spacial score (nSPS) is 17.9. The first-order valence-corrected chi connectivity index (χ1v) is 7.40. The quantitative estimate of drug-likeness (QED) is 0.869. The second-order valence-electron chi connectivity index (χ2n) is 5.86. The Kier molecular flexibility index (Phi) is 4.01. The number of nitrogens with zero attached hydrogens (tertiary/aromatic N) is 2. The molecular weight excluding hydrogens is 246 g/mol. The third-order valence-electron chi connectivity index (χ3n) is 4.37. The van der Waals surface area contributed by atoms with Gasteiger partial charge in [0.1, 0.15) is 0 Å². The molecule has 0 aromatic heterocycles. The number of piperidine rings is 1. The molecule has 0 bridgehead atoms. The Hall–Kier alpha value is -1.42. The monoisotopic (exact) mass is 269 g/mol. The van der Waals surface area contributed by atoms with Crippen LogP contribution >= 0.6 is 0 Å². The first-order valence-electron chi connectivity index (χ1n) is 7.40. The Morgan fingerprint density at radius 2 is 1.80 bits per heavy atom. The Balaban J connectivity index is 1.69. The number of hydrazine groups is 1. The van der Waals surface area contributed by atoms with Crippen molar-refractivity contribution in [2.24, 2.45) is 5.84 Å². The fourth-order valence-electron chi connectivity index (χ4n) is 3.08. The van der Waals surface area contributed by atoms with E-state index in [-0.39, 0.29) is 0 Å². The van der Waals surface area contributed by atoms with Crippen LogP contribution in [0.5, 0.6) is 0 Å². The molecule has 0 aliphatic carbocycles. The molecule has 3 heteroatoms. The maximum absolute atomic E-state index is 5.83. The molecular formula is C17H23N3. The third kappa shape index (κ3) is 3.01. The highest BCUT2D eigenvalue weighted by Gasteiger charge is 2.20. The molecule has 0 amide bonds. The van der Waals surface area contributed by atoms with E-state index in [9.17, 15) is 0 Å². The maximum Gasteiger partial charge on any atom is 0.0233 e. The standard InChI is InChI=1S/C17H23N3/c1-19(17-8-10-20(18)11-9-17)13-14-6-7-15-4-2-3-5-16(15)12-14/h2-7,12,17H,8-11,13,18H2,1H3. The molecule has 106 valence electrons. The van der Waals surface area contributed by atoms with Crippen molar-refractivity contribution in [2.75, 3.05) is 20.1 Å². The molecule has 2 aromatic rings. The van der Waals surface area contributed by atoms with Crippen LogP contribution in [-0.4, -0.2) is 36.1 Å². The van der Waals surface area contributed by atoms with Gasteiger partial charge in [0, 0.05) is 25.7 Å². The summed E-state index contributed by atoms with van der Waals surface area (Å²) in [5, 5.41) is 4.57. The van der Waals surface area contributed by atoms with E-state index in [4.69, 9.17) is 5.84 Å². The van der Waals surface area contributed by atoms with Gasteiger partial charge in [-0.3, -0.25) is 10.7 Å². The predicted molar refractivity (Wildman–Crippen MR) is 84.2 cm³/mol. The lowest BCUT2D eigenvalue weighted by Crippen LogP contribution is -2.45. The molecule has 0 unspecified atom stereocenters. The molecule has 0 saturated carbocycles. The fraction of sp³-hybridized carbons (Fsp3) is 0.412. The molecule has 0 atom stereocenters. The van der Waals surface area contributed by atoms with Crippen molar-refractivity contribution >= 4 is 10.8 Å². The van der Waals surface area contributed by atoms with Crippen LogP contribution in [0.4, 0.5) is 0 Å². The molecule has 2 aromatic carbocycles. The summed E-state index contributed by atoms with van der Waals surface area (Å²) in [6, 6.07) is 16.0.